The molecule has 50 heavy (non-hydrogen) atoms. The van der Waals surface area contributed by atoms with Crippen molar-refractivity contribution in [3.05, 3.63) is 53.1 Å². The standard InChI is InChI=1S/C32H42ClN5O9S3/c1-2-47-32(42)21(13-12-18-8-4-3-5-9-18)36-29(30(39)38-23-11-7-6-10-19(23)14-24(38)31(40)41)25(48)16-28-35-22-15-20(33)26(49(34,43)44)17-27(22)50(45,46)37-28/h3-5,8-9,15,17,19,21,23-25,28-29,35-37,48H,2,6-7,10-14,16H2,1H3,(H,40,41)(H2,34,43,44)/t19-,21+,23-,24+,25+,28-,29?/m1/s1. The number of esters is 1. The van der Waals surface area contributed by atoms with Crippen LogP contribution < -0.4 is 20.5 Å². The number of fused-ring (bicyclic) bond motifs is 2. The lowest BCUT2D eigenvalue weighted by Gasteiger charge is -2.38. The molecule has 6 N–H and O–H groups in total. The molecule has 2 fully saturated rings. The second-order valence-electron chi connectivity index (χ2n) is 12.9. The number of nitrogens with zero attached hydrogens (tertiary/aromatic N) is 1. The van der Waals surface area contributed by atoms with Gasteiger partial charge in [0.25, 0.3) is 0 Å². The quantitative estimate of drug-likeness (QED) is 0.129. The van der Waals surface area contributed by atoms with Gasteiger partial charge in [-0.15, -0.1) is 0 Å². The van der Waals surface area contributed by atoms with Crippen LogP contribution in [0, 0.1) is 5.92 Å². The van der Waals surface area contributed by atoms with Gasteiger partial charge in [0.05, 0.1) is 29.5 Å². The Bertz CT molecular complexity index is 1820. The third-order valence-electron chi connectivity index (χ3n) is 9.53. The number of benzene rings is 2. The molecule has 1 unspecified atom stereocenters. The number of likely N-dealkylation sites (tertiary alicyclic amines) is 1. The molecule has 2 aliphatic heterocycles. The number of ether oxygens (including phenoxy) is 1. The normalized spacial score (nSPS) is 24.6. The number of carboxylic acids is 1. The molecule has 2 aromatic carbocycles. The van der Waals surface area contributed by atoms with E-state index in [1.54, 1.807) is 6.92 Å². The van der Waals surface area contributed by atoms with Crippen molar-refractivity contribution in [3.63, 3.8) is 0 Å². The summed E-state index contributed by atoms with van der Waals surface area (Å²) in [7, 11) is -8.65. The SMILES string of the molecule is CCOC(=O)[C@H](CCc1ccccc1)NC(C(=O)N1[C@@H]2CCCC[C@@H]2C[C@H]1C(=O)O)[C@@H](S)C[C@@H]1Nc2cc(Cl)c(S(N)(=O)=O)cc2S(=O)(=O)N1. The average molecular weight is 772 g/mol. The number of carboxylic acid groups (broad SMARTS) is 1. The maximum Gasteiger partial charge on any atom is 0.326 e. The second-order valence-corrected chi connectivity index (χ2v) is 17.1. The van der Waals surface area contributed by atoms with Gasteiger partial charge in [0.15, 0.2) is 0 Å². The number of amides is 1. The summed E-state index contributed by atoms with van der Waals surface area (Å²) >= 11 is 11.0. The highest BCUT2D eigenvalue weighted by atomic mass is 35.5. The number of aryl methyl sites for hydroxylation is 1. The molecule has 0 radical (unpaired) electrons. The number of nitrogens with two attached hydrogens (primary N) is 1. The molecular weight excluding hydrogens is 730 g/mol. The van der Waals surface area contributed by atoms with Crippen LogP contribution in [0.2, 0.25) is 5.02 Å². The number of sulfonamides is 2. The van der Waals surface area contributed by atoms with E-state index in [-0.39, 0.29) is 42.1 Å². The smallest absolute Gasteiger partial charge is 0.326 e. The third kappa shape index (κ3) is 8.57. The molecule has 274 valence electrons. The molecule has 0 aromatic heterocycles. The van der Waals surface area contributed by atoms with Gasteiger partial charge < -0.3 is 20.1 Å². The first kappa shape index (κ1) is 38.3. The van der Waals surface area contributed by atoms with Crippen LogP contribution in [0.5, 0.6) is 0 Å². The highest BCUT2D eigenvalue weighted by molar-refractivity contribution is 7.90. The number of carbonyl (C=O) groups excluding carboxylic acids is 2. The summed E-state index contributed by atoms with van der Waals surface area (Å²) in [6, 6.07) is 7.84. The van der Waals surface area contributed by atoms with Crippen molar-refractivity contribution in [2.75, 3.05) is 11.9 Å². The Morgan fingerprint density at radius 3 is 2.54 bits per heavy atom. The van der Waals surface area contributed by atoms with Crippen LogP contribution in [0.25, 0.3) is 0 Å². The largest absolute Gasteiger partial charge is 0.480 e. The van der Waals surface area contributed by atoms with Gasteiger partial charge in [0.2, 0.25) is 26.0 Å². The van der Waals surface area contributed by atoms with E-state index in [2.05, 4.69) is 15.4 Å². The van der Waals surface area contributed by atoms with Crippen molar-refractivity contribution >= 4 is 67.8 Å². The Morgan fingerprint density at radius 1 is 1.18 bits per heavy atom. The van der Waals surface area contributed by atoms with Gasteiger partial charge >= 0.3 is 11.9 Å². The molecule has 1 saturated carbocycles. The fourth-order valence-corrected chi connectivity index (χ4v) is 10.2. The van der Waals surface area contributed by atoms with Crippen LogP contribution in [-0.4, -0.2) is 86.9 Å². The zero-order valence-electron chi connectivity index (χ0n) is 27.3. The van der Waals surface area contributed by atoms with Crippen LogP contribution in [0.15, 0.2) is 52.3 Å². The first-order chi connectivity index (χ1) is 23.6. The van der Waals surface area contributed by atoms with Crippen molar-refractivity contribution in [2.24, 2.45) is 11.1 Å². The van der Waals surface area contributed by atoms with E-state index in [1.807, 2.05) is 30.3 Å². The van der Waals surface area contributed by atoms with E-state index in [0.29, 0.717) is 19.3 Å². The summed E-state index contributed by atoms with van der Waals surface area (Å²) in [5.74, 6) is -2.26. The van der Waals surface area contributed by atoms with Gasteiger partial charge in [-0.25, -0.2) is 26.8 Å². The fraction of sp³-hybridized carbons (Fsp3) is 0.531. The Labute approximate surface area is 302 Å². The molecule has 5 rings (SSSR count). The summed E-state index contributed by atoms with van der Waals surface area (Å²) < 4.78 is 58.5. The molecule has 14 nitrogen and oxygen atoms in total. The number of halogens is 1. The third-order valence-corrected chi connectivity index (χ3v) is 12.9. The van der Waals surface area contributed by atoms with Gasteiger partial charge in [-0.3, -0.25) is 14.9 Å². The average Bonchev–Trinajstić information content (AvgIpc) is 3.44. The number of thiol groups is 1. The lowest BCUT2D eigenvalue weighted by Crippen LogP contribution is -2.60. The van der Waals surface area contributed by atoms with E-state index >= 15 is 0 Å². The van der Waals surface area contributed by atoms with Gasteiger partial charge in [0.1, 0.15) is 21.9 Å². The lowest BCUT2D eigenvalue weighted by molar-refractivity contribution is -0.152. The zero-order valence-corrected chi connectivity index (χ0v) is 30.6. The van der Waals surface area contributed by atoms with E-state index < -0.39 is 77.2 Å². The predicted octanol–water partition coefficient (Wildman–Crippen LogP) is 2.47. The minimum Gasteiger partial charge on any atom is -0.480 e. The highest BCUT2D eigenvalue weighted by Gasteiger charge is 2.50. The molecule has 0 bridgehead atoms. The molecule has 1 aliphatic carbocycles. The van der Waals surface area contributed by atoms with Crippen LogP contribution >= 0.6 is 24.2 Å². The predicted molar refractivity (Wildman–Crippen MR) is 189 cm³/mol. The number of primary sulfonamides is 1. The summed E-state index contributed by atoms with van der Waals surface area (Å²) in [5.41, 5.74) is 0.957. The summed E-state index contributed by atoms with van der Waals surface area (Å²) in [4.78, 5) is 40.9. The number of carbonyl (C=O) groups is 3. The maximum absolute atomic E-state index is 14.6. The number of anilines is 1. The molecule has 3 aliphatic rings. The Morgan fingerprint density at radius 2 is 1.88 bits per heavy atom. The summed E-state index contributed by atoms with van der Waals surface area (Å²) in [6.45, 7) is 1.75. The van der Waals surface area contributed by atoms with Crippen molar-refractivity contribution in [3.8, 4) is 0 Å². The molecule has 7 atom stereocenters. The number of aliphatic carboxylic acids is 1. The Kier molecular flexibility index (Phi) is 12.1. The van der Waals surface area contributed by atoms with Crippen molar-refractivity contribution in [1.82, 2.24) is 14.9 Å². The first-order valence-electron chi connectivity index (χ1n) is 16.5. The van der Waals surface area contributed by atoms with E-state index in [1.165, 1.54) is 4.90 Å². The van der Waals surface area contributed by atoms with Crippen molar-refractivity contribution in [2.45, 2.75) is 104 Å². The van der Waals surface area contributed by atoms with Gasteiger partial charge in [-0.1, -0.05) is 54.8 Å². The Hall–Kier alpha value is -2.93. The first-order valence-corrected chi connectivity index (χ1v) is 20.4. The molecule has 1 amide bonds. The van der Waals surface area contributed by atoms with Gasteiger partial charge in [-0.2, -0.15) is 17.4 Å². The number of rotatable bonds is 13. The fourth-order valence-electron chi connectivity index (χ4n) is 7.23. The second kappa shape index (κ2) is 15.8. The molecule has 0 spiro atoms. The summed E-state index contributed by atoms with van der Waals surface area (Å²) in [6.07, 6.45) is 3.04. The monoisotopic (exact) mass is 771 g/mol. The van der Waals surface area contributed by atoms with Crippen LogP contribution in [0.3, 0.4) is 0 Å². The number of hydrogen-bond acceptors (Lipinski definition) is 11. The molecule has 18 heteroatoms. The molecule has 1 saturated heterocycles. The van der Waals surface area contributed by atoms with Crippen molar-refractivity contribution in [1.29, 1.82) is 0 Å². The Balaban J connectivity index is 1.47. The topological polar surface area (TPSA) is 214 Å². The maximum atomic E-state index is 14.6. The van der Waals surface area contributed by atoms with Crippen LogP contribution in [-0.2, 0) is 45.6 Å². The molecule has 2 heterocycles. The molecule has 2 aromatic rings. The van der Waals surface area contributed by atoms with Crippen LogP contribution in [0.1, 0.15) is 57.4 Å². The van der Waals surface area contributed by atoms with E-state index in [4.69, 9.17) is 34.1 Å². The van der Waals surface area contributed by atoms with E-state index in [0.717, 1.165) is 37.0 Å². The minimum atomic E-state index is -4.34. The highest BCUT2D eigenvalue weighted by Crippen LogP contribution is 2.41. The minimum absolute atomic E-state index is 0.00492. The van der Waals surface area contributed by atoms with Crippen molar-refractivity contribution < 1.29 is 41.1 Å². The lowest BCUT2D eigenvalue weighted by atomic mass is 9.84. The molecular formula is C32H42ClN5O9S3. The van der Waals surface area contributed by atoms with Crippen LogP contribution in [0.4, 0.5) is 5.69 Å². The van der Waals surface area contributed by atoms with E-state index in [9.17, 15) is 36.3 Å². The van der Waals surface area contributed by atoms with Gasteiger partial charge in [0, 0.05) is 11.3 Å². The zero-order chi connectivity index (χ0) is 36.4. The van der Waals surface area contributed by atoms with Gasteiger partial charge in [-0.05, 0) is 69.1 Å². The number of hydrogen-bond donors (Lipinski definition) is 6. The summed E-state index contributed by atoms with van der Waals surface area (Å²) in [5, 5.41) is 20.3. The number of nitrogens with one attached hydrogen (secondary N) is 3.